The van der Waals surface area contributed by atoms with Gasteiger partial charge in [0.05, 0.1) is 5.71 Å². The van der Waals surface area contributed by atoms with E-state index in [0.717, 1.165) is 18.6 Å². The molecule has 0 bridgehead atoms. The van der Waals surface area contributed by atoms with E-state index >= 15 is 0 Å². The van der Waals surface area contributed by atoms with Gasteiger partial charge in [-0.05, 0) is 19.3 Å². The lowest BCUT2D eigenvalue weighted by molar-refractivity contribution is 0.315. The van der Waals surface area contributed by atoms with Gasteiger partial charge < -0.3 is 5.21 Å². The zero-order chi connectivity index (χ0) is 7.56. The largest absolute Gasteiger partial charge is 0.411 e. The molecule has 0 unspecified atom stereocenters. The molecule has 0 heterocycles. The highest BCUT2D eigenvalue weighted by Gasteiger charge is 2.13. The minimum absolute atomic E-state index is 0.555. The van der Waals surface area contributed by atoms with Crippen molar-refractivity contribution in [1.29, 1.82) is 0 Å². The summed E-state index contributed by atoms with van der Waals surface area (Å²) in [6.07, 6.45) is 3.87. The molecule has 1 aliphatic rings. The quantitative estimate of drug-likeness (QED) is 0.311. The summed E-state index contributed by atoms with van der Waals surface area (Å²) < 4.78 is 0. The van der Waals surface area contributed by atoms with Crippen molar-refractivity contribution in [2.45, 2.75) is 26.7 Å². The van der Waals surface area contributed by atoms with E-state index in [1.54, 1.807) is 0 Å². The molecule has 0 aliphatic heterocycles. The van der Waals surface area contributed by atoms with Crippen LogP contribution >= 0.6 is 0 Å². The van der Waals surface area contributed by atoms with E-state index < -0.39 is 0 Å². The first-order valence-corrected chi connectivity index (χ1v) is 3.60. The average molecular weight is 139 g/mol. The number of allylic oxidation sites excluding steroid dienone is 2. The van der Waals surface area contributed by atoms with E-state index in [0.29, 0.717) is 5.92 Å². The molecular weight excluding hydrogens is 126 g/mol. The van der Waals surface area contributed by atoms with Crippen molar-refractivity contribution < 1.29 is 5.21 Å². The smallest absolute Gasteiger partial charge is 0.0614 e. The fourth-order valence-electron chi connectivity index (χ4n) is 1.16. The molecule has 0 aromatic carbocycles. The van der Waals surface area contributed by atoms with Crippen LogP contribution in [0.4, 0.5) is 0 Å². The summed E-state index contributed by atoms with van der Waals surface area (Å²) in [5, 5.41) is 11.7. The normalized spacial score (nSPS) is 30.4. The second-order valence-corrected chi connectivity index (χ2v) is 2.92. The third-order valence-electron chi connectivity index (χ3n) is 2.12. The molecule has 1 rings (SSSR count). The summed E-state index contributed by atoms with van der Waals surface area (Å²) in [5.41, 5.74) is 2.31. The van der Waals surface area contributed by atoms with Crippen LogP contribution in [0.3, 0.4) is 0 Å². The standard InChI is InChI=1S/C8H13NO/c1-6-3-4-8(9-10)5-7(6)2/h3,7,10H,4-5H2,1-2H3/b9-8+/t7-/m0/s1. The van der Waals surface area contributed by atoms with Crippen LogP contribution < -0.4 is 0 Å². The first kappa shape index (κ1) is 7.32. The molecule has 0 saturated heterocycles. The van der Waals surface area contributed by atoms with Crippen LogP contribution in [0.25, 0.3) is 0 Å². The molecular formula is C8H13NO. The molecule has 1 N–H and O–H groups in total. The van der Waals surface area contributed by atoms with Crippen molar-refractivity contribution in [3.8, 4) is 0 Å². The Morgan fingerprint density at radius 1 is 1.70 bits per heavy atom. The molecule has 10 heavy (non-hydrogen) atoms. The molecule has 0 saturated carbocycles. The van der Waals surface area contributed by atoms with Gasteiger partial charge in [0, 0.05) is 6.42 Å². The van der Waals surface area contributed by atoms with E-state index in [1.165, 1.54) is 5.57 Å². The van der Waals surface area contributed by atoms with E-state index in [-0.39, 0.29) is 0 Å². The van der Waals surface area contributed by atoms with Crippen LogP contribution in [-0.4, -0.2) is 10.9 Å². The van der Waals surface area contributed by atoms with Crippen LogP contribution in [0.2, 0.25) is 0 Å². The minimum Gasteiger partial charge on any atom is -0.411 e. The lowest BCUT2D eigenvalue weighted by Crippen LogP contribution is -2.11. The molecule has 1 aliphatic carbocycles. The second-order valence-electron chi connectivity index (χ2n) is 2.92. The molecule has 1 atom stereocenters. The van der Waals surface area contributed by atoms with Gasteiger partial charge >= 0.3 is 0 Å². The summed E-state index contributed by atoms with van der Waals surface area (Å²) in [5.74, 6) is 0.555. The summed E-state index contributed by atoms with van der Waals surface area (Å²) in [7, 11) is 0. The molecule has 0 spiro atoms. The van der Waals surface area contributed by atoms with Gasteiger partial charge in [0.15, 0.2) is 0 Å². The Balaban J connectivity index is 2.68. The van der Waals surface area contributed by atoms with Gasteiger partial charge in [0.1, 0.15) is 0 Å². The number of rotatable bonds is 0. The summed E-state index contributed by atoms with van der Waals surface area (Å²) in [6, 6.07) is 0. The van der Waals surface area contributed by atoms with Gasteiger partial charge in [-0.25, -0.2) is 0 Å². The van der Waals surface area contributed by atoms with E-state index in [4.69, 9.17) is 5.21 Å². The molecule has 0 amide bonds. The Bertz CT molecular complexity index is 182. The van der Waals surface area contributed by atoms with Crippen molar-refractivity contribution in [2.24, 2.45) is 11.1 Å². The third-order valence-corrected chi connectivity index (χ3v) is 2.12. The highest BCUT2D eigenvalue weighted by molar-refractivity contribution is 5.86. The number of hydrogen-bond donors (Lipinski definition) is 1. The van der Waals surface area contributed by atoms with Crippen molar-refractivity contribution >= 4 is 5.71 Å². The Labute approximate surface area is 61.2 Å². The van der Waals surface area contributed by atoms with Crippen LogP contribution in [0.5, 0.6) is 0 Å². The molecule has 0 aromatic rings. The van der Waals surface area contributed by atoms with Gasteiger partial charge in [-0.1, -0.05) is 23.7 Å². The second kappa shape index (κ2) is 2.86. The number of hydrogen-bond acceptors (Lipinski definition) is 2. The molecule has 2 nitrogen and oxygen atoms in total. The van der Waals surface area contributed by atoms with Crippen LogP contribution in [0.1, 0.15) is 26.7 Å². The van der Waals surface area contributed by atoms with Crippen molar-refractivity contribution in [3.63, 3.8) is 0 Å². The highest BCUT2D eigenvalue weighted by Crippen LogP contribution is 2.21. The van der Waals surface area contributed by atoms with Gasteiger partial charge in [0.25, 0.3) is 0 Å². The Morgan fingerprint density at radius 2 is 2.40 bits per heavy atom. The SMILES string of the molecule is CC1=CC/C(=N\O)C[C@@H]1C. The summed E-state index contributed by atoms with van der Waals surface area (Å²) in [4.78, 5) is 0. The lowest BCUT2D eigenvalue weighted by atomic mass is 9.89. The maximum atomic E-state index is 8.45. The molecule has 0 fully saturated rings. The van der Waals surface area contributed by atoms with Crippen LogP contribution in [0.15, 0.2) is 16.8 Å². The highest BCUT2D eigenvalue weighted by atomic mass is 16.4. The van der Waals surface area contributed by atoms with E-state index in [9.17, 15) is 0 Å². The fourth-order valence-corrected chi connectivity index (χ4v) is 1.16. The monoisotopic (exact) mass is 139 g/mol. The molecule has 0 radical (unpaired) electrons. The summed E-state index contributed by atoms with van der Waals surface area (Å²) >= 11 is 0. The molecule has 2 heteroatoms. The van der Waals surface area contributed by atoms with Crippen molar-refractivity contribution in [1.82, 2.24) is 0 Å². The van der Waals surface area contributed by atoms with Gasteiger partial charge in [0.2, 0.25) is 0 Å². The van der Waals surface area contributed by atoms with Crippen molar-refractivity contribution in [3.05, 3.63) is 11.6 Å². The predicted octanol–water partition coefficient (Wildman–Crippen LogP) is 2.19. The minimum atomic E-state index is 0.555. The Hall–Kier alpha value is -0.790. The Kier molecular flexibility index (Phi) is 2.10. The van der Waals surface area contributed by atoms with Crippen molar-refractivity contribution in [2.75, 3.05) is 0 Å². The van der Waals surface area contributed by atoms with Gasteiger partial charge in [-0.3, -0.25) is 0 Å². The zero-order valence-electron chi connectivity index (χ0n) is 6.46. The van der Waals surface area contributed by atoms with Crippen LogP contribution in [-0.2, 0) is 0 Å². The fraction of sp³-hybridized carbons (Fsp3) is 0.625. The van der Waals surface area contributed by atoms with Crippen LogP contribution in [0, 0.1) is 5.92 Å². The molecule has 56 valence electrons. The third kappa shape index (κ3) is 1.38. The van der Waals surface area contributed by atoms with E-state index in [1.807, 2.05) is 0 Å². The first-order valence-electron chi connectivity index (χ1n) is 3.60. The van der Waals surface area contributed by atoms with Gasteiger partial charge in [-0.2, -0.15) is 0 Å². The lowest BCUT2D eigenvalue weighted by Gasteiger charge is -2.17. The average Bonchev–Trinajstić information content (AvgIpc) is 1.95. The van der Waals surface area contributed by atoms with E-state index in [2.05, 4.69) is 25.1 Å². The maximum absolute atomic E-state index is 8.45. The zero-order valence-corrected chi connectivity index (χ0v) is 6.46. The van der Waals surface area contributed by atoms with Gasteiger partial charge in [-0.15, -0.1) is 0 Å². The Morgan fingerprint density at radius 3 is 2.90 bits per heavy atom. The number of nitrogens with zero attached hydrogens (tertiary/aromatic N) is 1. The molecule has 0 aromatic heterocycles. The maximum Gasteiger partial charge on any atom is 0.0614 e. The topological polar surface area (TPSA) is 32.6 Å². The predicted molar refractivity (Wildman–Crippen MR) is 41.4 cm³/mol. The number of oxime groups is 1. The first-order chi connectivity index (χ1) is 4.74. The summed E-state index contributed by atoms with van der Waals surface area (Å²) in [6.45, 7) is 4.27.